The lowest BCUT2D eigenvalue weighted by molar-refractivity contribution is 1.50. The molecule has 0 rings (SSSR count). The van der Waals surface area contributed by atoms with Gasteiger partial charge in [-0.25, -0.2) is 0 Å². The monoisotopic (exact) mass is 308 g/mol. The molecule has 0 nitrogen and oxygen atoms in total. The maximum atomic E-state index is 4.32. The quantitative estimate of drug-likeness (QED) is 0.347. The molecule has 0 aromatic carbocycles. The topological polar surface area (TPSA) is 0 Å². The van der Waals surface area contributed by atoms with E-state index in [1.807, 2.05) is 31.2 Å². The van der Waals surface area contributed by atoms with Gasteiger partial charge in [0.15, 0.2) is 8.07 Å². The molecule has 0 aromatic rings. The molecule has 0 spiro atoms. The van der Waals surface area contributed by atoms with Gasteiger partial charge in [-0.1, -0.05) is 91.4 Å². The fraction of sp³-hybridized carbons (Fsp3) is 0.143. The second-order valence-electron chi connectivity index (χ2n) is 4.90. The van der Waals surface area contributed by atoms with Gasteiger partial charge in [-0.15, -0.1) is 6.58 Å². The minimum absolute atomic E-state index is 1.12. The van der Waals surface area contributed by atoms with Crippen LogP contribution in [0.2, 0.25) is 0 Å². The van der Waals surface area contributed by atoms with E-state index in [2.05, 4.69) is 65.0 Å². The molecule has 0 aliphatic carbocycles. The second-order valence-corrected chi connectivity index (χ2v) is 8.98. The van der Waals surface area contributed by atoms with E-state index in [4.69, 9.17) is 0 Å². The van der Waals surface area contributed by atoms with Crippen LogP contribution in [0.25, 0.3) is 0 Å². The molecular formula is C21H28Si. The lowest BCUT2D eigenvalue weighted by Gasteiger charge is -2.36. The lowest BCUT2D eigenvalue weighted by Crippen LogP contribution is -2.43. The van der Waals surface area contributed by atoms with E-state index in [0.717, 1.165) is 15.6 Å². The summed E-state index contributed by atoms with van der Waals surface area (Å²) >= 11 is 0. The third kappa shape index (κ3) is 3.74. The fourth-order valence-electron chi connectivity index (χ4n) is 2.80. The molecular weight excluding hydrogens is 280 g/mol. The van der Waals surface area contributed by atoms with Crippen LogP contribution in [0.1, 0.15) is 20.8 Å². The van der Waals surface area contributed by atoms with E-state index in [0.29, 0.717) is 0 Å². The zero-order valence-corrected chi connectivity index (χ0v) is 15.2. The predicted molar refractivity (Wildman–Crippen MR) is 106 cm³/mol. The highest BCUT2D eigenvalue weighted by atomic mass is 28.3. The molecule has 0 fully saturated rings. The molecule has 0 saturated heterocycles. The van der Waals surface area contributed by atoms with Gasteiger partial charge in [0.25, 0.3) is 0 Å². The normalized spacial score (nSPS) is 16.0. The molecule has 0 unspecified atom stereocenters. The van der Waals surface area contributed by atoms with Gasteiger partial charge in [0, 0.05) is 0 Å². The summed E-state index contributed by atoms with van der Waals surface area (Å²) in [4.78, 5) is 0. The Balaban J connectivity index is 7.05. The van der Waals surface area contributed by atoms with Crippen molar-refractivity contribution in [3.63, 3.8) is 0 Å². The van der Waals surface area contributed by atoms with Crippen molar-refractivity contribution < 1.29 is 0 Å². The molecule has 0 saturated carbocycles. The summed E-state index contributed by atoms with van der Waals surface area (Å²) in [5, 5.41) is 4.67. The van der Waals surface area contributed by atoms with E-state index in [9.17, 15) is 0 Å². The average Bonchev–Trinajstić information content (AvgIpc) is 2.51. The average molecular weight is 309 g/mol. The van der Waals surface area contributed by atoms with Crippen molar-refractivity contribution in [2.24, 2.45) is 0 Å². The van der Waals surface area contributed by atoms with Gasteiger partial charge in [-0.3, -0.25) is 0 Å². The molecule has 0 aliphatic rings. The third-order valence-corrected chi connectivity index (χ3v) is 8.71. The zero-order chi connectivity index (χ0) is 17.2. The van der Waals surface area contributed by atoms with E-state index in [1.165, 1.54) is 5.20 Å². The molecule has 116 valence electrons. The summed E-state index contributed by atoms with van der Waals surface area (Å²) in [6.07, 6.45) is 17.9. The number of hydrogen-bond acceptors (Lipinski definition) is 0. The molecule has 0 heterocycles. The number of rotatable bonds is 9. The first-order chi connectivity index (χ1) is 10.5. The van der Waals surface area contributed by atoms with Crippen LogP contribution in [0.15, 0.2) is 108 Å². The van der Waals surface area contributed by atoms with Crippen LogP contribution in [0.4, 0.5) is 0 Å². The summed E-state index contributed by atoms with van der Waals surface area (Å²) in [6.45, 7) is 26.2. The van der Waals surface area contributed by atoms with Crippen molar-refractivity contribution in [3.8, 4) is 0 Å². The molecule has 0 radical (unpaired) electrons. The van der Waals surface area contributed by atoms with Gasteiger partial charge in [-0.05, 0) is 31.2 Å². The van der Waals surface area contributed by atoms with Crippen LogP contribution in [0, 0.1) is 0 Å². The van der Waals surface area contributed by atoms with Crippen LogP contribution in [0.3, 0.4) is 0 Å². The molecule has 0 amide bonds. The van der Waals surface area contributed by atoms with Crippen LogP contribution >= 0.6 is 0 Å². The zero-order valence-electron chi connectivity index (χ0n) is 14.2. The van der Waals surface area contributed by atoms with Gasteiger partial charge < -0.3 is 0 Å². The highest BCUT2D eigenvalue weighted by molar-refractivity contribution is 7.05. The molecule has 22 heavy (non-hydrogen) atoms. The van der Waals surface area contributed by atoms with Gasteiger partial charge >= 0.3 is 0 Å². The van der Waals surface area contributed by atoms with Crippen LogP contribution in [-0.4, -0.2) is 8.07 Å². The molecule has 0 N–H and O–H groups in total. The van der Waals surface area contributed by atoms with Crippen LogP contribution in [-0.2, 0) is 0 Å². The Morgan fingerprint density at radius 1 is 0.818 bits per heavy atom. The first kappa shape index (κ1) is 19.9. The van der Waals surface area contributed by atoms with Crippen molar-refractivity contribution in [1.82, 2.24) is 0 Å². The largest absolute Gasteiger partial charge is 0.174 e. The van der Waals surface area contributed by atoms with Gasteiger partial charge in [-0.2, -0.15) is 0 Å². The Hall–Kier alpha value is -2.12. The first-order valence-electron chi connectivity index (χ1n) is 7.37. The molecule has 1 heteroatoms. The standard InChI is InChI=1S/C21H28Si/c1-9-15-19(12-4)22(18(7)8,20(13-5)16-10-2)21(14-6)17-11-3/h9-17H,1-2,4-5,7H2,3,6,8H3/b17-11-,19-15+,20-16+,21-14+. The van der Waals surface area contributed by atoms with Gasteiger partial charge in [0.1, 0.15) is 0 Å². The summed E-state index contributed by atoms with van der Waals surface area (Å²) in [6, 6.07) is 0. The van der Waals surface area contributed by atoms with Crippen molar-refractivity contribution >= 4 is 8.07 Å². The first-order valence-corrected chi connectivity index (χ1v) is 9.37. The lowest BCUT2D eigenvalue weighted by atomic mass is 10.4. The Kier molecular flexibility index (Phi) is 8.81. The van der Waals surface area contributed by atoms with E-state index in [1.54, 1.807) is 12.2 Å². The molecule has 0 aromatic heterocycles. The summed E-state index contributed by atoms with van der Waals surface area (Å²) < 4.78 is 0. The number of hydrogen-bond donors (Lipinski definition) is 0. The minimum Gasteiger partial charge on any atom is -0.103 e. The van der Waals surface area contributed by atoms with Crippen molar-refractivity contribution in [1.29, 1.82) is 0 Å². The Bertz CT molecular complexity index is 547. The van der Waals surface area contributed by atoms with Gasteiger partial charge in [0.2, 0.25) is 0 Å². The maximum Gasteiger partial charge on any atom is 0.174 e. The Morgan fingerprint density at radius 2 is 1.27 bits per heavy atom. The Labute approximate surface area is 137 Å². The van der Waals surface area contributed by atoms with Crippen molar-refractivity contribution in [2.75, 3.05) is 0 Å². The summed E-state index contributed by atoms with van der Waals surface area (Å²) in [7, 11) is -2.40. The van der Waals surface area contributed by atoms with Gasteiger partial charge in [0.05, 0.1) is 0 Å². The van der Waals surface area contributed by atoms with E-state index in [-0.39, 0.29) is 0 Å². The third-order valence-electron chi connectivity index (χ3n) is 3.63. The molecule has 0 bridgehead atoms. The van der Waals surface area contributed by atoms with Crippen molar-refractivity contribution in [2.45, 2.75) is 20.8 Å². The SMILES string of the molecule is C=C/C=C(\C=C)[Si](C(=C)C)(/C(C=C)=C/C=C)C(/C=C\C)=C/C. The molecule has 0 aliphatic heterocycles. The minimum atomic E-state index is -2.40. The summed E-state index contributed by atoms with van der Waals surface area (Å²) in [5.74, 6) is 0. The number of allylic oxidation sites excluding steroid dienone is 13. The van der Waals surface area contributed by atoms with E-state index >= 15 is 0 Å². The van der Waals surface area contributed by atoms with Crippen LogP contribution in [0.5, 0.6) is 0 Å². The smallest absolute Gasteiger partial charge is 0.103 e. The highest BCUT2D eigenvalue weighted by Crippen LogP contribution is 2.38. The highest BCUT2D eigenvalue weighted by Gasteiger charge is 2.41. The Morgan fingerprint density at radius 3 is 1.50 bits per heavy atom. The van der Waals surface area contributed by atoms with E-state index < -0.39 is 8.07 Å². The molecule has 0 atom stereocenters. The summed E-state index contributed by atoms with van der Waals surface area (Å²) in [5.41, 5.74) is 0. The maximum absolute atomic E-state index is 4.32. The van der Waals surface area contributed by atoms with Crippen LogP contribution < -0.4 is 0 Å². The predicted octanol–water partition coefficient (Wildman–Crippen LogP) is 6.29. The fourth-order valence-corrected chi connectivity index (χ4v) is 7.48. The second kappa shape index (κ2) is 9.75. The van der Waals surface area contributed by atoms with Crippen molar-refractivity contribution in [3.05, 3.63) is 108 Å².